The first-order chi connectivity index (χ1) is 12.7. The van der Waals surface area contributed by atoms with Gasteiger partial charge in [-0.05, 0) is 36.1 Å². The van der Waals surface area contributed by atoms with Crippen molar-refractivity contribution in [1.29, 1.82) is 0 Å². The van der Waals surface area contributed by atoms with Crippen LogP contribution in [0.2, 0.25) is 0 Å². The molecule has 2 aliphatic heterocycles. The quantitative estimate of drug-likeness (QED) is 0.733. The lowest BCUT2D eigenvalue weighted by Crippen LogP contribution is -2.39. The Balaban J connectivity index is 1.35. The van der Waals surface area contributed by atoms with Crippen molar-refractivity contribution >= 4 is 17.9 Å². The minimum Gasteiger partial charge on any atom is -0.442 e. The van der Waals surface area contributed by atoms with Crippen LogP contribution in [0.4, 0.5) is 4.79 Å². The number of thioether (sulfide) groups is 1. The van der Waals surface area contributed by atoms with Crippen molar-refractivity contribution in [2.45, 2.75) is 30.0 Å². The lowest BCUT2D eigenvalue weighted by atomic mass is 10.2. The average Bonchev–Trinajstić information content (AvgIpc) is 3.17. The molecule has 4 rings (SSSR count). The predicted octanol–water partition coefficient (Wildman–Crippen LogP) is 3.05. The van der Waals surface area contributed by atoms with Gasteiger partial charge in [-0.25, -0.2) is 4.79 Å². The van der Waals surface area contributed by atoms with Gasteiger partial charge in [-0.3, -0.25) is 14.8 Å². The Labute approximate surface area is 158 Å². The van der Waals surface area contributed by atoms with Crippen LogP contribution in [0.1, 0.15) is 11.3 Å². The number of hydrogen-bond donors (Lipinski definition) is 0. The minimum absolute atomic E-state index is 0.0169. The Morgan fingerprint density at radius 3 is 2.77 bits per heavy atom. The van der Waals surface area contributed by atoms with Gasteiger partial charge in [0.1, 0.15) is 6.10 Å². The number of nitrogens with zero attached hydrogens (tertiary/aromatic N) is 3. The van der Waals surface area contributed by atoms with Gasteiger partial charge in [-0.1, -0.05) is 18.2 Å². The maximum Gasteiger partial charge on any atom is 0.410 e. The number of amides is 1. The molecule has 2 saturated heterocycles. The summed E-state index contributed by atoms with van der Waals surface area (Å²) in [6.07, 6.45) is 4.44. The van der Waals surface area contributed by atoms with E-state index in [9.17, 15) is 4.79 Å². The number of fused-ring (bicyclic) bond motifs is 1. The van der Waals surface area contributed by atoms with Crippen LogP contribution < -0.4 is 0 Å². The molecule has 0 N–H and O–H groups in total. The third-order valence-corrected chi connectivity index (χ3v) is 5.84. The van der Waals surface area contributed by atoms with Gasteiger partial charge < -0.3 is 4.74 Å². The Hall–Kier alpha value is -2.05. The number of carbonyl (C=O) groups excluding carboxylic acids is 1. The van der Waals surface area contributed by atoms with E-state index >= 15 is 0 Å². The van der Waals surface area contributed by atoms with E-state index in [0.29, 0.717) is 6.54 Å². The second-order valence-corrected chi connectivity index (χ2v) is 7.68. The second kappa shape index (κ2) is 7.68. The van der Waals surface area contributed by atoms with Crippen LogP contribution in [0.15, 0.2) is 53.6 Å². The molecule has 0 radical (unpaired) electrons. The van der Waals surface area contributed by atoms with Gasteiger partial charge in [0.15, 0.2) is 0 Å². The van der Waals surface area contributed by atoms with Gasteiger partial charge >= 0.3 is 6.09 Å². The number of aromatic nitrogens is 1. The van der Waals surface area contributed by atoms with E-state index in [-0.39, 0.29) is 18.2 Å². The van der Waals surface area contributed by atoms with Gasteiger partial charge in [0.25, 0.3) is 0 Å². The predicted molar refractivity (Wildman–Crippen MR) is 102 cm³/mol. The van der Waals surface area contributed by atoms with E-state index in [2.05, 4.69) is 40.4 Å². The first-order valence-corrected chi connectivity index (χ1v) is 10.2. The lowest BCUT2D eigenvalue weighted by Gasteiger charge is -2.22. The molecule has 2 fully saturated rings. The van der Waals surface area contributed by atoms with E-state index < -0.39 is 0 Å². The number of pyridine rings is 1. The van der Waals surface area contributed by atoms with Crippen LogP contribution in [-0.2, 0) is 17.7 Å². The van der Waals surface area contributed by atoms with Crippen LogP contribution in [-0.4, -0.2) is 58.9 Å². The van der Waals surface area contributed by atoms with Crippen molar-refractivity contribution in [3.05, 3.63) is 59.9 Å². The number of benzene rings is 1. The lowest BCUT2D eigenvalue weighted by molar-refractivity contribution is 0.120. The Morgan fingerprint density at radius 1 is 1.19 bits per heavy atom. The fourth-order valence-electron chi connectivity index (χ4n) is 3.74. The van der Waals surface area contributed by atoms with Gasteiger partial charge in [-0.2, -0.15) is 0 Å². The van der Waals surface area contributed by atoms with Crippen molar-refractivity contribution in [2.75, 3.05) is 25.9 Å². The molecule has 0 unspecified atom stereocenters. The van der Waals surface area contributed by atoms with E-state index in [0.717, 1.165) is 31.7 Å². The molecule has 0 saturated carbocycles. The van der Waals surface area contributed by atoms with Gasteiger partial charge in [0, 0.05) is 49.4 Å². The fourth-order valence-corrected chi connectivity index (χ4v) is 4.15. The monoisotopic (exact) mass is 369 g/mol. The SMILES string of the molecule is CSc1ccc(CN2C[C@H]3OC(=O)N(CCc4ccccn4)[C@H]3C2)cc1. The Bertz CT molecular complexity index is 753. The van der Waals surface area contributed by atoms with E-state index in [1.165, 1.54) is 10.5 Å². The molecular weight excluding hydrogens is 346 g/mol. The Morgan fingerprint density at radius 2 is 2.04 bits per heavy atom. The van der Waals surface area contributed by atoms with Crippen LogP contribution >= 0.6 is 11.8 Å². The standard InChI is InChI=1S/C20H23N3O2S/c1-26-17-7-5-15(6-8-17)12-22-13-18-19(14-22)25-20(24)23(18)11-9-16-4-2-3-10-21-16/h2-8,10,18-19H,9,11-14H2,1H3/t18-,19+/m0/s1. The topological polar surface area (TPSA) is 45.7 Å². The van der Waals surface area contributed by atoms with Crippen LogP contribution in [0.3, 0.4) is 0 Å². The first kappa shape index (κ1) is 17.4. The molecule has 0 bridgehead atoms. The number of ether oxygens (including phenoxy) is 1. The smallest absolute Gasteiger partial charge is 0.410 e. The molecule has 2 atom stereocenters. The third kappa shape index (κ3) is 3.71. The van der Waals surface area contributed by atoms with E-state index in [1.54, 1.807) is 18.0 Å². The molecule has 26 heavy (non-hydrogen) atoms. The zero-order valence-corrected chi connectivity index (χ0v) is 15.7. The summed E-state index contributed by atoms with van der Waals surface area (Å²) in [6.45, 7) is 3.23. The molecule has 0 spiro atoms. The highest BCUT2D eigenvalue weighted by Gasteiger charge is 2.47. The van der Waals surface area contributed by atoms with Crippen molar-refractivity contribution in [2.24, 2.45) is 0 Å². The zero-order valence-electron chi connectivity index (χ0n) is 14.9. The highest BCUT2D eigenvalue weighted by atomic mass is 32.2. The second-order valence-electron chi connectivity index (χ2n) is 6.80. The molecular formula is C20H23N3O2S. The molecule has 1 aromatic carbocycles. The summed E-state index contributed by atoms with van der Waals surface area (Å²) in [7, 11) is 0. The number of likely N-dealkylation sites (tertiary alicyclic amines) is 1. The summed E-state index contributed by atoms with van der Waals surface area (Å²) in [4.78, 5) is 22.1. The van der Waals surface area contributed by atoms with Crippen LogP contribution in [0.5, 0.6) is 0 Å². The van der Waals surface area contributed by atoms with Crippen molar-refractivity contribution in [1.82, 2.24) is 14.8 Å². The van der Waals surface area contributed by atoms with E-state index in [4.69, 9.17) is 4.74 Å². The Kier molecular flexibility index (Phi) is 5.13. The molecule has 136 valence electrons. The number of rotatable bonds is 6. The van der Waals surface area contributed by atoms with Crippen molar-refractivity contribution in [3.63, 3.8) is 0 Å². The molecule has 3 heterocycles. The molecule has 1 aromatic heterocycles. The maximum atomic E-state index is 12.2. The summed E-state index contributed by atoms with van der Waals surface area (Å²) < 4.78 is 5.61. The summed E-state index contributed by atoms with van der Waals surface area (Å²) >= 11 is 1.76. The summed E-state index contributed by atoms with van der Waals surface area (Å²) in [5.41, 5.74) is 2.31. The zero-order chi connectivity index (χ0) is 17.9. The van der Waals surface area contributed by atoms with Gasteiger partial charge in [0.05, 0.1) is 6.04 Å². The molecule has 2 aromatic rings. The molecule has 5 nitrogen and oxygen atoms in total. The first-order valence-electron chi connectivity index (χ1n) is 8.95. The van der Waals surface area contributed by atoms with Crippen molar-refractivity contribution in [3.8, 4) is 0 Å². The van der Waals surface area contributed by atoms with Crippen LogP contribution in [0.25, 0.3) is 0 Å². The highest BCUT2D eigenvalue weighted by molar-refractivity contribution is 7.98. The van der Waals surface area contributed by atoms with Gasteiger partial charge in [0.2, 0.25) is 0 Å². The maximum absolute atomic E-state index is 12.2. The molecule has 1 amide bonds. The number of hydrogen-bond acceptors (Lipinski definition) is 5. The molecule has 0 aliphatic carbocycles. The number of carbonyl (C=O) groups is 1. The normalized spacial score (nSPS) is 22.5. The van der Waals surface area contributed by atoms with Crippen LogP contribution in [0, 0.1) is 0 Å². The van der Waals surface area contributed by atoms with Gasteiger partial charge in [-0.15, -0.1) is 11.8 Å². The minimum atomic E-state index is -0.181. The fraction of sp³-hybridized carbons (Fsp3) is 0.400. The molecule has 6 heteroatoms. The summed E-state index contributed by atoms with van der Waals surface area (Å²) in [5.74, 6) is 0. The average molecular weight is 369 g/mol. The summed E-state index contributed by atoms with van der Waals surface area (Å²) in [6, 6.07) is 14.7. The summed E-state index contributed by atoms with van der Waals surface area (Å²) in [5, 5.41) is 0. The largest absolute Gasteiger partial charge is 0.442 e. The molecule has 2 aliphatic rings. The van der Waals surface area contributed by atoms with Crippen molar-refractivity contribution < 1.29 is 9.53 Å². The third-order valence-electron chi connectivity index (χ3n) is 5.10. The highest BCUT2D eigenvalue weighted by Crippen LogP contribution is 2.28. The van der Waals surface area contributed by atoms with E-state index in [1.807, 2.05) is 23.1 Å².